The predicted molar refractivity (Wildman–Crippen MR) is 74.2 cm³/mol. The van der Waals surface area contributed by atoms with Gasteiger partial charge in [-0.15, -0.1) is 0 Å². The molecule has 2 N–H and O–H groups in total. The Labute approximate surface area is 113 Å². The van der Waals surface area contributed by atoms with Crippen LogP contribution < -0.4 is 10.6 Å². The number of benzene rings is 1. The molecule has 1 aromatic carbocycles. The lowest BCUT2D eigenvalue weighted by atomic mass is 10.1. The van der Waals surface area contributed by atoms with Crippen molar-refractivity contribution in [3.63, 3.8) is 0 Å². The highest BCUT2D eigenvalue weighted by Gasteiger charge is 2.16. The molecule has 1 atom stereocenters. The zero-order chi connectivity index (χ0) is 14.3. The van der Waals surface area contributed by atoms with E-state index >= 15 is 0 Å². The van der Waals surface area contributed by atoms with E-state index in [1.807, 2.05) is 13.8 Å². The average molecular weight is 264 g/mol. The number of esters is 1. The van der Waals surface area contributed by atoms with Gasteiger partial charge in [0.1, 0.15) is 6.04 Å². The molecule has 0 heterocycles. The van der Waals surface area contributed by atoms with Gasteiger partial charge in [-0.3, -0.25) is 4.79 Å². The molecule has 0 saturated carbocycles. The van der Waals surface area contributed by atoms with Gasteiger partial charge in [-0.25, -0.2) is 4.79 Å². The number of methoxy groups -OCH3 is 1. The lowest BCUT2D eigenvalue weighted by molar-refractivity contribution is -0.141. The second kappa shape index (κ2) is 7.41. The van der Waals surface area contributed by atoms with E-state index < -0.39 is 0 Å². The normalized spacial score (nSPS) is 11.5. The highest BCUT2D eigenvalue weighted by Crippen LogP contribution is 2.12. The molecule has 0 radical (unpaired) electrons. The molecular formula is C14H20N2O3. The molecule has 0 bridgehead atoms. The van der Waals surface area contributed by atoms with E-state index in [9.17, 15) is 9.59 Å². The monoisotopic (exact) mass is 264 g/mol. The zero-order valence-electron chi connectivity index (χ0n) is 11.5. The van der Waals surface area contributed by atoms with Gasteiger partial charge in [0.25, 0.3) is 5.91 Å². The van der Waals surface area contributed by atoms with Crippen molar-refractivity contribution < 1.29 is 14.3 Å². The summed E-state index contributed by atoms with van der Waals surface area (Å²) in [7, 11) is 1.37. The minimum absolute atomic E-state index is 0.103. The zero-order valence-corrected chi connectivity index (χ0v) is 11.5. The second-order valence-corrected chi connectivity index (χ2v) is 4.07. The van der Waals surface area contributed by atoms with Gasteiger partial charge in [-0.05, 0) is 37.6 Å². The summed E-state index contributed by atoms with van der Waals surface area (Å²) in [5, 5.41) is 5.80. The molecule has 0 saturated heterocycles. The fraction of sp³-hybridized carbons (Fsp3) is 0.429. The Morgan fingerprint density at radius 1 is 1.21 bits per heavy atom. The quantitative estimate of drug-likeness (QED) is 0.769. The molecule has 0 aliphatic heterocycles. The maximum absolute atomic E-state index is 11.6. The Hall–Kier alpha value is -2.04. The van der Waals surface area contributed by atoms with Crippen LogP contribution in [-0.2, 0) is 9.53 Å². The Morgan fingerprint density at radius 2 is 1.84 bits per heavy atom. The molecule has 0 spiro atoms. The fourth-order valence-corrected chi connectivity index (χ4v) is 1.65. The average Bonchev–Trinajstić information content (AvgIpc) is 2.44. The Bertz CT molecular complexity index is 429. The molecule has 1 amide bonds. The first-order chi connectivity index (χ1) is 9.12. The molecule has 104 valence electrons. The van der Waals surface area contributed by atoms with Crippen LogP contribution in [0.1, 0.15) is 30.6 Å². The van der Waals surface area contributed by atoms with Crippen LogP contribution in [0.15, 0.2) is 24.3 Å². The minimum Gasteiger partial charge on any atom is -0.467 e. The van der Waals surface area contributed by atoms with Crippen LogP contribution in [0.2, 0.25) is 0 Å². The van der Waals surface area contributed by atoms with E-state index in [1.165, 1.54) is 7.11 Å². The van der Waals surface area contributed by atoms with Crippen LogP contribution in [0.5, 0.6) is 0 Å². The lowest BCUT2D eigenvalue weighted by Gasteiger charge is -2.15. The summed E-state index contributed by atoms with van der Waals surface area (Å²) in [6.45, 7) is 4.37. The molecule has 19 heavy (non-hydrogen) atoms. The largest absolute Gasteiger partial charge is 0.467 e. The van der Waals surface area contributed by atoms with Crippen molar-refractivity contribution in [3.8, 4) is 0 Å². The van der Waals surface area contributed by atoms with Gasteiger partial charge < -0.3 is 15.4 Å². The number of ether oxygens (including phenoxy) is 1. The van der Waals surface area contributed by atoms with Crippen molar-refractivity contribution in [3.05, 3.63) is 29.8 Å². The van der Waals surface area contributed by atoms with E-state index in [2.05, 4.69) is 10.6 Å². The SMILES string of the molecule is CCNC(=O)c1ccc(NC(CC)C(=O)OC)cc1. The van der Waals surface area contributed by atoms with Crippen LogP contribution in [0.25, 0.3) is 0 Å². The number of amides is 1. The number of carbonyl (C=O) groups is 2. The third-order valence-corrected chi connectivity index (χ3v) is 2.72. The highest BCUT2D eigenvalue weighted by atomic mass is 16.5. The molecule has 0 aliphatic carbocycles. The molecule has 1 rings (SSSR count). The first-order valence-electron chi connectivity index (χ1n) is 6.35. The maximum Gasteiger partial charge on any atom is 0.328 e. The molecule has 0 fully saturated rings. The Kier molecular flexibility index (Phi) is 5.85. The number of rotatable bonds is 6. The Morgan fingerprint density at radius 3 is 2.32 bits per heavy atom. The summed E-state index contributed by atoms with van der Waals surface area (Å²) in [6, 6.07) is 6.61. The van der Waals surface area contributed by atoms with E-state index in [-0.39, 0.29) is 17.9 Å². The van der Waals surface area contributed by atoms with Gasteiger partial charge in [0, 0.05) is 17.8 Å². The predicted octanol–water partition coefficient (Wildman–Crippen LogP) is 1.80. The molecule has 1 unspecified atom stereocenters. The molecular weight excluding hydrogens is 244 g/mol. The van der Waals surface area contributed by atoms with Crippen molar-refractivity contribution in [2.24, 2.45) is 0 Å². The summed E-state index contributed by atoms with van der Waals surface area (Å²) in [5.74, 6) is -0.399. The molecule has 5 heteroatoms. The number of anilines is 1. The summed E-state index contributed by atoms with van der Waals surface area (Å²) >= 11 is 0. The van der Waals surface area contributed by atoms with Gasteiger partial charge in [0.15, 0.2) is 0 Å². The van der Waals surface area contributed by atoms with Crippen LogP contribution in [0.3, 0.4) is 0 Å². The smallest absolute Gasteiger partial charge is 0.328 e. The van der Waals surface area contributed by atoms with Crippen LogP contribution in [0, 0.1) is 0 Å². The fourth-order valence-electron chi connectivity index (χ4n) is 1.65. The standard InChI is InChI=1S/C14H20N2O3/c1-4-12(14(18)19-3)16-11-8-6-10(7-9-11)13(17)15-5-2/h6-9,12,16H,4-5H2,1-3H3,(H,15,17). The Balaban J connectivity index is 2.71. The van der Waals surface area contributed by atoms with E-state index in [0.717, 1.165) is 5.69 Å². The highest BCUT2D eigenvalue weighted by molar-refractivity contribution is 5.94. The van der Waals surface area contributed by atoms with Gasteiger partial charge in [0.2, 0.25) is 0 Å². The topological polar surface area (TPSA) is 67.4 Å². The van der Waals surface area contributed by atoms with Gasteiger partial charge >= 0.3 is 5.97 Å². The van der Waals surface area contributed by atoms with Gasteiger partial charge in [0.05, 0.1) is 7.11 Å². The van der Waals surface area contributed by atoms with Crippen molar-refractivity contribution >= 4 is 17.6 Å². The lowest BCUT2D eigenvalue weighted by Crippen LogP contribution is -2.29. The minimum atomic E-state index is -0.375. The van der Waals surface area contributed by atoms with Crippen molar-refractivity contribution in [1.82, 2.24) is 5.32 Å². The number of hydrogen-bond donors (Lipinski definition) is 2. The number of hydrogen-bond acceptors (Lipinski definition) is 4. The van der Waals surface area contributed by atoms with Crippen molar-refractivity contribution in [1.29, 1.82) is 0 Å². The number of nitrogens with one attached hydrogen (secondary N) is 2. The molecule has 5 nitrogen and oxygen atoms in total. The van der Waals surface area contributed by atoms with E-state index in [1.54, 1.807) is 24.3 Å². The first kappa shape index (κ1) is 15.0. The van der Waals surface area contributed by atoms with Gasteiger partial charge in [-0.2, -0.15) is 0 Å². The maximum atomic E-state index is 11.6. The summed E-state index contributed by atoms with van der Waals surface area (Å²) in [6.07, 6.45) is 0.630. The molecule has 0 aliphatic rings. The number of carbonyl (C=O) groups excluding carboxylic acids is 2. The first-order valence-corrected chi connectivity index (χ1v) is 6.35. The van der Waals surface area contributed by atoms with Crippen LogP contribution in [0.4, 0.5) is 5.69 Å². The van der Waals surface area contributed by atoms with Gasteiger partial charge in [-0.1, -0.05) is 6.92 Å². The van der Waals surface area contributed by atoms with Crippen LogP contribution in [-0.4, -0.2) is 31.6 Å². The van der Waals surface area contributed by atoms with E-state index in [0.29, 0.717) is 18.5 Å². The van der Waals surface area contributed by atoms with Crippen molar-refractivity contribution in [2.75, 3.05) is 19.0 Å². The molecule has 1 aromatic rings. The third-order valence-electron chi connectivity index (χ3n) is 2.72. The molecule has 0 aromatic heterocycles. The summed E-state index contributed by atoms with van der Waals surface area (Å²) in [4.78, 5) is 23.0. The van der Waals surface area contributed by atoms with Crippen LogP contribution >= 0.6 is 0 Å². The third kappa shape index (κ3) is 4.28. The van der Waals surface area contributed by atoms with E-state index in [4.69, 9.17) is 4.74 Å². The summed E-state index contributed by atoms with van der Waals surface area (Å²) < 4.78 is 4.70. The van der Waals surface area contributed by atoms with Crippen molar-refractivity contribution in [2.45, 2.75) is 26.3 Å². The second-order valence-electron chi connectivity index (χ2n) is 4.07. The summed E-state index contributed by atoms with van der Waals surface area (Å²) in [5.41, 5.74) is 1.38.